The van der Waals surface area contributed by atoms with E-state index in [1.165, 1.54) is 13.1 Å². The Hall–Kier alpha value is -1.26. The van der Waals surface area contributed by atoms with Crippen LogP contribution in [-0.2, 0) is 14.3 Å². The maximum absolute atomic E-state index is 11.5. The summed E-state index contributed by atoms with van der Waals surface area (Å²) in [4.78, 5) is 23.6. The van der Waals surface area contributed by atoms with Crippen LogP contribution in [0.4, 0.5) is 5.69 Å². The standard InChI is InChI=1S/C10H9Cl2NO3/c1-13(9(14)10(15)16-2)8-4-3-6(11)5-7(8)12/h3-5H,1-2H3. The van der Waals surface area contributed by atoms with Gasteiger partial charge in [-0.15, -0.1) is 0 Å². The molecule has 0 fully saturated rings. The first-order chi connectivity index (χ1) is 7.47. The molecule has 0 aromatic heterocycles. The van der Waals surface area contributed by atoms with Gasteiger partial charge in [-0.1, -0.05) is 23.2 Å². The molecule has 0 bridgehead atoms. The average Bonchev–Trinajstić information content (AvgIpc) is 2.26. The minimum Gasteiger partial charge on any atom is -0.462 e. The van der Waals surface area contributed by atoms with Crippen LogP contribution in [-0.4, -0.2) is 26.0 Å². The number of ether oxygens (including phenoxy) is 1. The van der Waals surface area contributed by atoms with E-state index in [4.69, 9.17) is 23.2 Å². The van der Waals surface area contributed by atoms with Crippen LogP contribution in [0.2, 0.25) is 10.0 Å². The topological polar surface area (TPSA) is 46.6 Å². The molecule has 6 heteroatoms. The highest BCUT2D eigenvalue weighted by molar-refractivity contribution is 6.41. The number of rotatable bonds is 1. The van der Waals surface area contributed by atoms with Crippen LogP contribution in [0.5, 0.6) is 0 Å². The molecule has 0 aliphatic heterocycles. The van der Waals surface area contributed by atoms with E-state index in [-0.39, 0.29) is 5.02 Å². The van der Waals surface area contributed by atoms with E-state index in [9.17, 15) is 9.59 Å². The molecular weight excluding hydrogens is 253 g/mol. The minimum atomic E-state index is -0.950. The molecule has 4 nitrogen and oxygen atoms in total. The van der Waals surface area contributed by atoms with Gasteiger partial charge < -0.3 is 9.64 Å². The Balaban J connectivity index is 3.01. The van der Waals surface area contributed by atoms with Crippen LogP contribution in [0.25, 0.3) is 0 Å². The molecule has 0 radical (unpaired) electrons. The molecule has 0 aliphatic carbocycles. The molecule has 1 amide bonds. The van der Waals surface area contributed by atoms with Crippen LogP contribution in [0.1, 0.15) is 0 Å². The van der Waals surface area contributed by atoms with Crippen molar-refractivity contribution in [2.24, 2.45) is 0 Å². The Kier molecular flexibility index (Phi) is 4.15. The van der Waals surface area contributed by atoms with Crippen molar-refractivity contribution in [3.8, 4) is 0 Å². The maximum atomic E-state index is 11.5. The number of nitrogens with zero attached hydrogens (tertiary/aromatic N) is 1. The van der Waals surface area contributed by atoms with Gasteiger partial charge in [0.25, 0.3) is 0 Å². The summed E-state index contributed by atoms with van der Waals surface area (Å²) in [7, 11) is 2.56. The molecule has 1 rings (SSSR count). The lowest BCUT2D eigenvalue weighted by Crippen LogP contribution is -2.34. The fourth-order valence-corrected chi connectivity index (χ4v) is 1.62. The van der Waals surface area contributed by atoms with E-state index in [1.54, 1.807) is 12.1 Å². The molecule has 0 atom stereocenters. The number of hydrogen-bond donors (Lipinski definition) is 0. The first-order valence-corrected chi connectivity index (χ1v) is 5.04. The van der Waals surface area contributed by atoms with Crippen molar-refractivity contribution in [1.82, 2.24) is 0 Å². The van der Waals surface area contributed by atoms with Crippen molar-refractivity contribution in [3.05, 3.63) is 28.2 Å². The second kappa shape index (κ2) is 5.18. The molecular formula is C10H9Cl2NO3. The Labute approximate surface area is 103 Å². The van der Waals surface area contributed by atoms with E-state index in [0.29, 0.717) is 10.7 Å². The van der Waals surface area contributed by atoms with Crippen molar-refractivity contribution in [2.75, 3.05) is 19.1 Å². The highest BCUT2D eigenvalue weighted by atomic mass is 35.5. The van der Waals surface area contributed by atoms with E-state index >= 15 is 0 Å². The first-order valence-electron chi connectivity index (χ1n) is 4.28. The van der Waals surface area contributed by atoms with Crippen LogP contribution >= 0.6 is 23.2 Å². The first kappa shape index (κ1) is 12.8. The summed E-state index contributed by atoms with van der Waals surface area (Å²) in [5, 5.41) is 0.736. The second-order valence-corrected chi connectivity index (χ2v) is 3.80. The van der Waals surface area contributed by atoms with Crippen LogP contribution in [0, 0.1) is 0 Å². The lowest BCUT2D eigenvalue weighted by molar-refractivity contribution is -0.151. The van der Waals surface area contributed by atoms with Gasteiger partial charge in [0.15, 0.2) is 0 Å². The molecule has 1 aromatic carbocycles. The predicted octanol–water partition coefficient (Wildman–Crippen LogP) is 2.13. The largest absolute Gasteiger partial charge is 0.462 e. The fraction of sp³-hybridized carbons (Fsp3) is 0.200. The SMILES string of the molecule is COC(=O)C(=O)N(C)c1ccc(Cl)cc1Cl. The molecule has 0 aliphatic rings. The van der Waals surface area contributed by atoms with Crippen LogP contribution in [0.3, 0.4) is 0 Å². The number of hydrogen-bond acceptors (Lipinski definition) is 3. The van der Waals surface area contributed by atoms with Crippen molar-refractivity contribution >= 4 is 40.8 Å². The summed E-state index contributed by atoms with van der Waals surface area (Å²) >= 11 is 11.6. The number of anilines is 1. The second-order valence-electron chi connectivity index (χ2n) is 2.95. The van der Waals surface area contributed by atoms with E-state index in [0.717, 1.165) is 12.0 Å². The van der Waals surface area contributed by atoms with Crippen molar-refractivity contribution in [3.63, 3.8) is 0 Å². The Morgan fingerprint density at radius 2 is 1.94 bits per heavy atom. The molecule has 16 heavy (non-hydrogen) atoms. The van der Waals surface area contributed by atoms with Crippen molar-refractivity contribution in [2.45, 2.75) is 0 Å². The molecule has 1 aromatic rings. The highest BCUT2D eigenvalue weighted by Crippen LogP contribution is 2.28. The molecule has 0 saturated carbocycles. The van der Waals surface area contributed by atoms with Gasteiger partial charge in [-0.3, -0.25) is 4.79 Å². The van der Waals surface area contributed by atoms with E-state index in [1.807, 2.05) is 0 Å². The van der Waals surface area contributed by atoms with Crippen molar-refractivity contribution in [1.29, 1.82) is 0 Å². The fourth-order valence-electron chi connectivity index (χ4n) is 1.09. The third kappa shape index (κ3) is 2.65. The van der Waals surface area contributed by atoms with Crippen LogP contribution < -0.4 is 4.90 Å². The highest BCUT2D eigenvalue weighted by Gasteiger charge is 2.22. The Bertz CT molecular complexity index is 434. The third-order valence-corrected chi connectivity index (χ3v) is 2.47. The normalized spacial score (nSPS) is 9.75. The number of esters is 1. The summed E-state index contributed by atoms with van der Waals surface area (Å²) in [6, 6.07) is 4.61. The third-order valence-electron chi connectivity index (χ3n) is 1.94. The lowest BCUT2D eigenvalue weighted by Gasteiger charge is -2.17. The smallest absolute Gasteiger partial charge is 0.397 e. The zero-order valence-electron chi connectivity index (χ0n) is 8.66. The zero-order valence-corrected chi connectivity index (χ0v) is 10.2. The zero-order chi connectivity index (χ0) is 12.3. The summed E-state index contributed by atoms with van der Waals surface area (Å²) in [5.41, 5.74) is 0.390. The van der Waals surface area contributed by atoms with Crippen LogP contribution in [0.15, 0.2) is 18.2 Å². The number of carbonyl (C=O) groups is 2. The summed E-state index contributed by atoms with van der Waals surface area (Å²) in [6.07, 6.45) is 0. The number of likely N-dealkylation sites (N-methyl/N-ethyl adjacent to an activating group) is 1. The molecule has 0 saturated heterocycles. The van der Waals surface area contributed by atoms with Gasteiger partial charge in [0.2, 0.25) is 0 Å². The number of methoxy groups -OCH3 is 1. The minimum absolute atomic E-state index is 0.284. The summed E-state index contributed by atoms with van der Waals surface area (Å²) in [6.45, 7) is 0. The van der Waals surface area contributed by atoms with Gasteiger partial charge >= 0.3 is 11.9 Å². The summed E-state index contributed by atoms with van der Waals surface area (Å²) in [5.74, 6) is -1.75. The molecule has 0 N–H and O–H groups in total. The van der Waals surface area contributed by atoms with E-state index in [2.05, 4.69) is 4.74 Å². The van der Waals surface area contributed by atoms with Crippen molar-refractivity contribution < 1.29 is 14.3 Å². The molecule has 86 valence electrons. The lowest BCUT2D eigenvalue weighted by atomic mass is 10.3. The number of benzene rings is 1. The number of carbonyl (C=O) groups excluding carboxylic acids is 2. The van der Waals surface area contributed by atoms with E-state index < -0.39 is 11.9 Å². The van der Waals surface area contributed by atoms with Gasteiger partial charge in [0, 0.05) is 12.1 Å². The van der Waals surface area contributed by atoms with Gasteiger partial charge in [0.05, 0.1) is 17.8 Å². The van der Waals surface area contributed by atoms with Gasteiger partial charge in [0.1, 0.15) is 0 Å². The Morgan fingerprint density at radius 3 is 2.44 bits per heavy atom. The molecule has 0 spiro atoms. The van der Waals surface area contributed by atoms with Gasteiger partial charge in [-0.2, -0.15) is 0 Å². The monoisotopic (exact) mass is 261 g/mol. The average molecular weight is 262 g/mol. The molecule has 0 heterocycles. The molecule has 0 unspecified atom stereocenters. The predicted molar refractivity (Wildman–Crippen MR) is 61.9 cm³/mol. The summed E-state index contributed by atoms with van der Waals surface area (Å²) < 4.78 is 4.32. The van der Waals surface area contributed by atoms with Gasteiger partial charge in [-0.25, -0.2) is 4.79 Å². The number of amides is 1. The number of halogens is 2. The Morgan fingerprint density at radius 1 is 1.31 bits per heavy atom. The van der Waals surface area contributed by atoms with Gasteiger partial charge in [-0.05, 0) is 18.2 Å². The quantitative estimate of drug-likeness (QED) is 0.575. The maximum Gasteiger partial charge on any atom is 0.397 e.